The first kappa shape index (κ1) is 15.2. The average Bonchev–Trinajstić information content (AvgIpc) is 2.26. The van der Waals surface area contributed by atoms with Crippen molar-refractivity contribution in [3.05, 3.63) is 0 Å². The zero-order valence-electron chi connectivity index (χ0n) is 11.5. The molecule has 0 saturated carbocycles. The molecule has 3 atom stereocenters. The third-order valence-electron chi connectivity index (χ3n) is 3.20. The first-order valence-electron chi connectivity index (χ1n) is 6.65. The third kappa shape index (κ3) is 3.54. The van der Waals surface area contributed by atoms with E-state index in [2.05, 4.69) is 19.2 Å². The minimum absolute atomic E-state index is 0.0224. The van der Waals surface area contributed by atoms with Gasteiger partial charge < -0.3 is 14.4 Å². The molecule has 5 heteroatoms. The number of nitrogens with one attached hydrogen (secondary N) is 1. The largest absolute Gasteiger partial charge is 0.350 e. The van der Waals surface area contributed by atoms with Crippen LogP contribution in [-0.4, -0.2) is 24.5 Å². The summed E-state index contributed by atoms with van der Waals surface area (Å²) in [4.78, 5) is 0. The van der Waals surface area contributed by atoms with Crippen LogP contribution >= 0.6 is 7.60 Å². The van der Waals surface area contributed by atoms with E-state index in [9.17, 15) is 4.57 Å². The zero-order valence-corrected chi connectivity index (χ0v) is 12.4. The zero-order chi connectivity index (χ0) is 12.9. The molecule has 1 fully saturated rings. The molecule has 1 saturated heterocycles. The Morgan fingerprint density at radius 3 is 2.65 bits per heavy atom. The molecule has 0 radical (unpaired) electrons. The van der Waals surface area contributed by atoms with Crippen LogP contribution in [0.3, 0.4) is 0 Å². The van der Waals surface area contributed by atoms with E-state index in [-0.39, 0.29) is 6.10 Å². The van der Waals surface area contributed by atoms with Crippen LogP contribution < -0.4 is 5.32 Å². The molecule has 0 unspecified atom stereocenters. The highest BCUT2D eigenvalue weighted by molar-refractivity contribution is 7.55. The van der Waals surface area contributed by atoms with Crippen molar-refractivity contribution in [2.24, 2.45) is 0 Å². The monoisotopic (exact) mass is 263 g/mol. The summed E-state index contributed by atoms with van der Waals surface area (Å²) in [5.74, 6) is 0. The fourth-order valence-corrected chi connectivity index (χ4v) is 4.43. The fourth-order valence-electron chi connectivity index (χ4n) is 2.12. The smallest absolute Gasteiger partial charge is 0.307 e. The second-order valence-corrected chi connectivity index (χ2v) is 7.44. The van der Waals surface area contributed by atoms with Gasteiger partial charge in [0.15, 0.2) is 0 Å². The van der Waals surface area contributed by atoms with Gasteiger partial charge in [0.2, 0.25) is 0 Å². The minimum Gasteiger partial charge on any atom is -0.307 e. The maximum absolute atomic E-state index is 12.9. The van der Waals surface area contributed by atoms with Crippen molar-refractivity contribution >= 4 is 7.60 Å². The summed E-state index contributed by atoms with van der Waals surface area (Å²) < 4.78 is 24.0. The lowest BCUT2D eigenvalue weighted by Gasteiger charge is -2.40. The summed E-state index contributed by atoms with van der Waals surface area (Å²) in [6.07, 6.45) is 3.61. The van der Waals surface area contributed by atoms with Gasteiger partial charge in [0.25, 0.3) is 0 Å². The van der Waals surface area contributed by atoms with Gasteiger partial charge in [0, 0.05) is 0 Å². The van der Waals surface area contributed by atoms with Gasteiger partial charge in [0.05, 0.1) is 12.7 Å². The number of hydrogen-bond acceptors (Lipinski definition) is 4. The van der Waals surface area contributed by atoms with Crippen LogP contribution in [0.2, 0.25) is 0 Å². The van der Waals surface area contributed by atoms with Crippen LogP contribution in [0.5, 0.6) is 0 Å². The van der Waals surface area contributed by atoms with Crippen molar-refractivity contribution in [1.82, 2.24) is 5.32 Å². The Morgan fingerprint density at radius 1 is 1.41 bits per heavy atom. The van der Waals surface area contributed by atoms with E-state index in [0.29, 0.717) is 6.61 Å². The topological polar surface area (TPSA) is 47.6 Å². The van der Waals surface area contributed by atoms with Gasteiger partial charge in [-0.2, -0.15) is 0 Å². The molecule has 0 bridgehead atoms. The van der Waals surface area contributed by atoms with Gasteiger partial charge in [-0.15, -0.1) is 0 Å². The summed E-state index contributed by atoms with van der Waals surface area (Å²) in [5, 5.41) is 2.82. The molecule has 0 aliphatic carbocycles. The Balaban J connectivity index is 2.83. The highest BCUT2D eigenvalue weighted by Gasteiger charge is 2.48. The average molecular weight is 263 g/mol. The van der Waals surface area contributed by atoms with E-state index in [0.717, 1.165) is 32.2 Å². The summed E-state index contributed by atoms with van der Waals surface area (Å²) in [7, 11) is -3.05. The second-order valence-electron chi connectivity index (χ2n) is 4.99. The lowest BCUT2D eigenvalue weighted by atomic mass is 10.2. The van der Waals surface area contributed by atoms with Gasteiger partial charge in [-0.1, -0.05) is 20.3 Å². The SMILES string of the molecule is CCCN[C@](C)(CCC)[P@@]1(=O)OCC[C@H](C)O1. The highest BCUT2D eigenvalue weighted by Crippen LogP contribution is 2.63. The van der Waals surface area contributed by atoms with Gasteiger partial charge in [-0.25, -0.2) is 0 Å². The molecule has 1 N–H and O–H groups in total. The van der Waals surface area contributed by atoms with Crippen molar-refractivity contribution in [3.63, 3.8) is 0 Å². The van der Waals surface area contributed by atoms with E-state index in [1.54, 1.807) is 0 Å². The Hall–Kier alpha value is 0.110. The van der Waals surface area contributed by atoms with Crippen molar-refractivity contribution < 1.29 is 13.6 Å². The Bertz CT molecular complexity index is 285. The molecule has 1 heterocycles. The quantitative estimate of drug-likeness (QED) is 0.745. The predicted molar refractivity (Wildman–Crippen MR) is 70.3 cm³/mol. The molecule has 0 aromatic rings. The molecule has 17 heavy (non-hydrogen) atoms. The Labute approximate surface area is 105 Å². The standard InChI is InChI=1S/C12H26NO3P/c1-5-8-12(4,13-9-6-2)17(14)15-10-7-11(3)16-17/h11,13H,5-10H2,1-4H3/t11-,12-,17+/m0/s1. The van der Waals surface area contributed by atoms with E-state index < -0.39 is 12.9 Å². The van der Waals surface area contributed by atoms with Crippen LogP contribution in [0.1, 0.15) is 53.4 Å². The third-order valence-corrected chi connectivity index (χ3v) is 5.95. The first-order valence-corrected chi connectivity index (χ1v) is 8.20. The molecule has 4 nitrogen and oxygen atoms in total. The molecule has 1 rings (SSSR count). The van der Waals surface area contributed by atoms with Gasteiger partial charge in [-0.3, -0.25) is 4.57 Å². The molecule has 102 valence electrons. The number of hydrogen-bond donors (Lipinski definition) is 1. The van der Waals surface area contributed by atoms with E-state index in [4.69, 9.17) is 9.05 Å². The Kier molecular flexibility index (Phi) is 5.65. The van der Waals surface area contributed by atoms with Gasteiger partial charge >= 0.3 is 7.60 Å². The lowest BCUT2D eigenvalue weighted by Crippen LogP contribution is -2.45. The molecule has 1 aliphatic heterocycles. The van der Waals surface area contributed by atoms with Gasteiger partial charge in [0.1, 0.15) is 5.28 Å². The summed E-state index contributed by atoms with van der Waals surface area (Å²) in [6, 6.07) is 0. The van der Waals surface area contributed by atoms with Crippen molar-refractivity contribution in [2.45, 2.75) is 64.8 Å². The summed E-state index contributed by atoms with van der Waals surface area (Å²) >= 11 is 0. The molecule has 0 aromatic heterocycles. The van der Waals surface area contributed by atoms with E-state index >= 15 is 0 Å². The van der Waals surface area contributed by atoms with Crippen LogP contribution in [0.25, 0.3) is 0 Å². The van der Waals surface area contributed by atoms with Crippen LogP contribution in [0.15, 0.2) is 0 Å². The van der Waals surface area contributed by atoms with Crippen molar-refractivity contribution in [2.75, 3.05) is 13.2 Å². The predicted octanol–water partition coefficient (Wildman–Crippen LogP) is 3.52. The molecule has 0 amide bonds. The highest BCUT2D eigenvalue weighted by atomic mass is 31.2. The Morgan fingerprint density at radius 2 is 2.12 bits per heavy atom. The lowest BCUT2D eigenvalue weighted by molar-refractivity contribution is 0.0751. The van der Waals surface area contributed by atoms with E-state index in [1.165, 1.54) is 0 Å². The normalized spacial score (nSPS) is 33.3. The summed E-state index contributed by atoms with van der Waals surface area (Å²) in [5.41, 5.74) is 0. The molecule has 1 aliphatic rings. The fraction of sp³-hybridized carbons (Fsp3) is 1.00. The van der Waals surface area contributed by atoms with Crippen LogP contribution in [-0.2, 0) is 13.6 Å². The maximum Gasteiger partial charge on any atom is 0.350 e. The van der Waals surface area contributed by atoms with Crippen LogP contribution in [0, 0.1) is 0 Å². The number of rotatable bonds is 6. The molecule has 0 spiro atoms. The minimum atomic E-state index is -3.05. The molecule has 0 aromatic carbocycles. The van der Waals surface area contributed by atoms with Crippen molar-refractivity contribution in [1.29, 1.82) is 0 Å². The summed E-state index contributed by atoms with van der Waals surface area (Å²) in [6.45, 7) is 9.48. The van der Waals surface area contributed by atoms with Crippen LogP contribution in [0.4, 0.5) is 0 Å². The van der Waals surface area contributed by atoms with Crippen molar-refractivity contribution in [3.8, 4) is 0 Å². The van der Waals surface area contributed by atoms with Gasteiger partial charge in [-0.05, 0) is 39.7 Å². The molecular weight excluding hydrogens is 237 g/mol. The first-order chi connectivity index (χ1) is 7.97. The second kappa shape index (κ2) is 6.33. The van der Waals surface area contributed by atoms with E-state index in [1.807, 2.05) is 13.8 Å². The maximum atomic E-state index is 12.9. The molecular formula is C12H26NO3P.